The minimum absolute atomic E-state index is 0.199. The molecule has 30 heavy (non-hydrogen) atoms. The summed E-state index contributed by atoms with van der Waals surface area (Å²) in [5.41, 5.74) is 0.344. The Kier molecular flexibility index (Phi) is 6.68. The lowest BCUT2D eigenvalue weighted by Crippen LogP contribution is -2.13. The number of amides is 1. The fourth-order valence-corrected chi connectivity index (χ4v) is 3.21. The van der Waals surface area contributed by atoms with Crippen LogP contribution in [0.3, 0.4) is 0 Å². The summed E-state index contributed by atoms with van der Waals surface area (Å²) in [7, 11) is -3.29. The van der Waals surface area contributed by atoms with Crippen molar-refractivity contribution >= 4 is 21.6 Å². The molecule has 0 fully saturated rings. The van der Waals surface area contributed by atoms with Gasteiger partial charge in [-0.25, -0.2) is 13.4 Å². The molecule has 0 saturated carbocycles. The Morgan fingerprint density at radius 3 is 2.37 bits per heavy atom. The normalized spacial score (nSPS) is 11.0. The summed E-state index contributed by atoms with van der Waals surface area (Å²) in [4.78, 5) is 17.0. The molecule has 0 bridgehead atoms. The van der Waals surface area contributed by atoms with Gasteiger partial charge in [0, 0.05) is 24.1 Å². The van der Waals surface area contributed by atoms with Crippen molar-refractivity contribution in [3.8, 4) is 17.2 Å². The van der Waals surface area contributed by atoms with Gasteiger partial charge in [0.2, 0.25) is 0 Å². The smallest absolute Gasteiger partial charge is 0.257 e. The molecule has 3 aromatic rings. The van der Waals surface area contributed by atoms with Crippen LogP contribution in [-0.4, -0.2) is 32.2 Å². The van der Waals surface area contributed by atoms with E-state index in [4.69, 9.17) is 9.47 Å². The van der Waals surface area contributed by atoms with Crippen LogP contribution in [0.15, 0.2) is 71.8 Å². The van der Waals surface area contributed by atoms with Crippen LogP contribution in [0.4, 0.5) is 5.82 Å². The predicted molar refractivity (Wildman–Crippen MR) is 114 cm³/mol. The highest BCUT2D eigenvalue weighted by Crippen LogP contribution is 2.29. The predicted octanol–water partition coefficient (Wildman–Crippen LogP) is 4.32. The number of rotatable bonds is 8. The lowest BCUT2D eigenvalue weighted by atomic mass is 10.2. The molecule has 0 unspecified atom stereocenters. The second-order valence-corrected chi connectivity index (χ2v) is 8.57. The topological polar surface area (TPSA) is 94.6 Å². The van der Waals surface area contributed by atoms with E-state index in [1.165, 1.54) is 12.1 Å². The highest BCUT2D eigenvalue weighted by atomic mass is 32.2. The number of nitrogens with zero attached hydrogens (tertiary/aromatic N) is 1. The molecule has 0 aliphatic heterocycles. The molecule has 8 heteroatoms. The summed E-state index contributed by atoms with van der Waals surface area (Å²) < 4.78 is 34.7. The molecular formula is C22H22N2O5S. The fourth-order valence-electron chi connectivity index (χ4n) is 2.58. The first-order chi connectivity index (χ1) is 14.3. The van der Waals surface area contributed by atoms with Crippen LogP contribution >= 0.6 is 0 Å². The van der Waals surface area contributed by atoms with Crippen molar-refractivity contribution in [3.05, 3.63) is 72.4 Å². The zero-order valence-electron chi connectivity index (χ0n) is 16.7. The van der Waals surface area contributed by atoms with E-state index in [0.717, 1.165) is 12.7 Å². The van der Waals surface area contributed by atoms with Crippen molar-refractivity contribution in [1.82, 2.24) is 4.98 Å². The average Bonchev–Trinajstić information content (AvgIpc) is 2.72. The third kappa shape index (κ3) is 5.81. The zero-order chi connectivity index (χ0) is 21.6. The van der Waals surface area contributed by atoms with Crippen LogP contribution in [0.1, 0.15) is 23.7 Å². The Bertz CT molecular complexity index is 1110. The van der Waals surface area contributed by atoms with Crippen molar-refractivity contribution in [2.75, 3.05) is 18.2 Å². The molecule has 0 atom stereocenters. The first-order valence-electron chi connectivity index (χ1n) is 9.33. The zero-order valence-corrected chi connectivity index (χ0v) is 17.5. The van der Waals surface area contributed by atoms with Crippen LogP contribution in [0.5, 0.6) is 17.2 Å². The number of carbonyl (C=O) groups excluding carboxylic acids is 1. The Balaban J connectivity index is 1.85. The number of pyridine rings is 1. The van der Waals surface area contributed by atoms with Crippen molar-refractivity contribution < 1.29 is 22.7 Å². The van der Waals surface area contributed by atoms with E-state index >= 15 is 0 Å². The molecular weight excluding hydrogens is 404 g/mol. The molecule has 0 spiro atoms. The van der Waals surface area contributed by atoms with Gasteiger partial charge in [-0.1, -0.05) is 13.0 Å². The second-order valence-electron chi connectivity index (χ2n) is 6.56. The number of anilines is 1. The molecule has 0 saturated heterocycles. The maximum absolute atomic E-state index is 12.7. The van der Waals surface area contributed by atoms with E-state index < -0.39 is 9.84 Å². The lowest BCUT2D eigenvalue weighted by molar-refractivity contribution is 0.102. The number of carbonyl (C=O) groups is 1. The van der Waals surface area contributed by atoms with Gasteiger partial charge in [0.1, 0.15) is 23.1 Å². The molecule has 3 rings (SSSR count). The first kappa shape index (κ1) is 21.3. The number of benzene rings is 2. The number of aromatic nitrogens is 1. The largest absolute Gasteiger partial charge is 0.493 e. The molecule has 0 aliphatic carbocycles. The second kappa shape index (κ2) is 9.41. The van der Waals surface area contributed by atoms with E-state index in [1.807, 2.05) is 6.92 Å². The van der Waals surface area contributed by atoms with Gasteiger partial charge in [0.15, 0.2) is 9.84 Å². The number of sulfone groups is 1. The standard InChI is InChI=1S/C22H22N2O5S/c1-3-12-28-18-13-16(22(25)24-21-6-4-5-11-23-21)14-19(15-18)29-17-7-9-20(10-8-17)30(2,26)27/h4-11,13-15H,3,12H2,1-2H3,(H,23,24,25). The quantitative estimate of drug-likeness (QED) is 0.576. The van der Waals surface area contributed by atoms with E-state index in [1.54, 1.807) is 54.7 Å². The van der Waals surface area contributed by atoms with Crippen LogP contribution in [-0.2, 0) is 9.84 Å². The van der Waals surface area contributed by atoms with Crippen LogP contribution in [0, 0.1) is 0 Å². The van der Waals surface area contributed by atoms with E-state index in [0.29, 0.717) is 35.2 Å². The van der Waals surface area contributed by atoms with Gasteiger partial charge in [-0.15, -0.1) is 0 Å². The first-order valence-corrected chi connectivity index (χ1v) is 11.2. The molecule has 156 valence electrons. The van der Waals surface area contributed by atoms with Gasteiger partial charge in [0.05, 0.1) is 11.5 Å². The summed E-state index contributed by atoms with van der Waals surface area (Å²) in [6, 6.07) is 16.2. The molecule has 7 nitrogen and oxygen atoms in total. The number of hydrogen-bond acceptors (Lipinski definition) is 6. The van der Waals surface area contributed by atoms with Crippen molar-refractivity contribution in [1.29, 1.82) is 0 Å². The number of nitrogens with one attached hydrogen (secondary N) is 1. The molecule has 1 aromatic heterocycles. The average molecular weight is 426 g/mol. The monoisotopic (exact) mass is 426 g/mol. The Morgan fingerprint density at radius 1 is 1.00 bits per heavy atom. The minimum atomic E-state index is -3.29. The Hall–Kier alpha value is -3.39. The van der Waals surface area contributed by atoms with Gasteiger partial charge < -0.3 is 14.8 Å². The molecule has 1 heterocycles. The van der Waals surface area contributed by atoms with Crippen LogP contribution < -0.4 is 14.8 Å². The highest BCUT2D eigenvalue weighted by molar-refractivity contribution is 7.90. The fraction of sp³-hybridized carbons (Fsp3) is 0.182. The number of hydrogen-bond donors (Lipinski definition) is 1. The van der Waals surface area contributed by atoms with Gasteiger partial charge in [-0.05, 0) is 55.0 Å². The van der Waals surface area contributed by atoms with Gasteiger partial charge in [-0.2, -0.15) is 0 Å². The van der Waals surface area contributed by atoms with Crippen molar-refractivity contribution in [2.45, 2.75) is 18.2 Å². The van der Waals surface area contributed by atoms with Gasteiger partial charge in [-0.3, -0.25) is 4.79 Å². The van der Waals surface area contributed by atoms with E-state index in [9.17, 15) is 13.2 Å². The molecule has 1 N–H and O–H groups in total. The summed E-state index contributed by atoms with van der Waals surface area (Å²) >= 11 is 0. The minimum Gasteiger partial charge on any atom is -0.493 e. The van der Waals surface area contributed by atoms with Gasteiger partial charge >= 0.3 is 0 Å². The summed E-state index contributed by atoms with van der Waals surface area (Å²) in [5, 5.41) is 2.73. The third-order valence-corrected chi connectivity index (χ3v) is 5.14. The van der Waals surface area contributed by atoms with Crippen molar-refractivity contribution in [2.24, 2.45) is 0 Å². The van der Waals surface area contributed by atoms with Crippen LogP contribution in [0.2, 0.25) is 0 Å². The molecule has 1 amide bonds. The highest BCUT2D eigenvalue weighted by Gasteiger charge is 2.13. The number of ether oxygens (including phenoxy) is 2. The van der Waals surface area contributed by atoms with Gasteiger partial charge in [0.25, 0.3) is 5.91 Å². The maximum atomic E-state index is 12.7. The van der Waals surface area contributed by atoms with Crippen LogP contribution in [0.25, 0.3) is 0 Å². The Morgan fingerprint density at radius 2 is 1.73 bits per heavy atom. The Labute approximate surface area is 175 Å². The summed E-state index contributed by atoms with van der Waals surface area (Å²) in [5.74, 6) is 1.40. The third-order valence-electron chi connectivity index (χ3n) is 4.01. The lowest BCUT2D eigenvalue weighted by Gasteiger charge is -2.12. The van der Waals surface area contributed by atoms with E-state index in [2.05, 4.69) is 10.3 Å². The summed E-state index contributed by atoms with van der Waals surface area (Å²) in [6.07, 6.45) is 3.54. The SMILES string of the molecule is CCCOc1cc(Oc2ccc(S(C)(=O)=O)cc2)cc(C(=O)Nc2ccccn2)c1. The molecule has 2 aromatic carbocycles. The molecule has 0 aliphatic rings. The molecule has 0 radical (unpaired) electrons. The maximum Gasteiger partial charge on any atom is 0.257 e. The van der Waals surface area contributed by atoms with E-state index in [-0.39, 0.29) is 10.8 Å². The summed E-state index contributed by atoms with van der Waals surface area (Å²) in [6.45, 7) is 2.48. The van der Waals surface area contributed by atoms with Crippen molar-refractivity contribution in [3.63, 3.8) is 0 Å².